The summed E-state index contributed by atoms with van der Waals surface area (Å²) in [5.74, 6) is -1.24. The van der Waals surface area contributed by atoms with Gasteiger partial charge in [0.05, 0.1) is 16.3 Å². The van der Waals surface area contributed by atoms with Crippen molar-refractivity contribution in [3.05, 3.63) is 48.0 Å². The Morgan fingerprint density at radius 2 is 1.93 bits per heavy atom. The summed E-state index contributed by atoms with van der Waals surface area (Å²) in [7, 11) is -4.00. The first kappa shape index (κ1) is 20.5. The number of thioether (sulfide) groups is 1. The molecule has 3 rings (SSSR count). The van der Waals surface area contributed by atoms with E-state index in [0.717, 1.165) is 5.56 Å². The van der Waals surface area contributed by atoms with Gasteiger partial charge in [-0.25, -0.2) is 8.42 Å². The number of rotatable bonds is 5. The van der Waals surface area contributed by atoms with Gasteiger partial charge in [0, 0.05) is 24.1 Å². The lowest BCUT2D eigenvalue weighted by molar-refractivity contribution is -0.116. The molecule has 0 bridgehead atoms. The van der Waals surface area contributed by atoms with Crippen molar-refractivity contribution in [2.24, 2.45) is 0 Å². The topological polar surface area (TPSA) is 66.5 Å². The highest BCUT2D eigenvalue weighted by molar-refractivity contribution is 7.99. The van der Waals surface area contributed by atoms with Crippen LogP contribution in [0.2, 0.25) is 0 Å². The summed E-state index contributed by atoms with van der Waals surface area (Å²) < 4.78 is 65.4. The summed E-state index contributed by atoms with van der Waals surface area (Å²) in [6.07, 6.45) is -3.82. The zero-order chi connectivity index (χ0) is 20.5. The molecule has 0 radical (unpaired) electrons. The minimum absolute atomic E-state index is 0.00715. The van der Waals surface area contributed by atoms with Crippen LogP contribution in [-0.4, -0.2) is 32.8 Å². The normalized spacial score (nSPS) is 14.1. The number of benzene rings is 2. The molecule has 28 heavy (non-hydrogen) atoms. The lowest BCUT2D eigenvalue weighted by Gasteiger charge is -2.16. The van der Waals surface area contributed by atoms with E-state index in [4.69, 9.17) is 0 Å². The summed E-state index contributed by atoms with van der Waals surface area (Å²) >= 11 is 0.517. The lowest BCUT2D eigenvalue weighted by Crippen LogP contribution is -2.25. The van der Waals surface area contributed by atoms with Crippen LogP contribution >= 0.6 is 11.8 Å². The van der Waals surface area contributed by atoms with Gasteiger partial charge in [-0.2, -0.15) is 13.2 Å². The summed E-state index contributed by atoms with van der Waals surface area (Å²) in [4.78, 5) is 13.4. The van der Waals surface area contributed by atoms with Crippen LogP contribution < -0.4 is 9.62 Å². The van der Waals surface area contributed by atoms with E-state index < -0.39 is 22.0 Å². The van der Waals surface area contributed by atoms with Crippen LogP contribution in [0.5, 0.6) is 0 Å². The second-order valence-corrected chi connectivity index (χ2v) is 8.92. The zero-order valence-corrected chi connectivity index (χ0v) is 16.4. The van der Waals surface area contributed by atoms with Crippen LogP contribution in [0.15, 0.2) is 52.3 Å². The minimum Gasteiger partial charge on any atom is -0.312 e. The van der Waals surface area contributed by atoms with Crippen molar-refractivity contribution in [2.75, 3.05) is 21.9 Å². The number of hydrogen-bond donors (Lipinski definition) is 1. The molecule has 0 atom stereocenters. The third-order valence-electron chi connectivity index (χ3n) is 4.16. The predicted octanol–water partition coefficient (Wildman–Crippen LogP) is 4.05. The standard InChI is InChI=1S/C18H17F3N2O3S2/c1-12(24)23-9-8-13-10-14(6-7-16(13)23)28(25,26)22-15-4-2-3-5-17(15)27-11-18(19,20)21/h2-7,10,22H,8-9,11H2,1H3. The molecule has 0 aliphatic carbocycles. The monoisotopic (exact) mass is 430 g/mol. The van der Waals surface area contributed by atoms with E-state index in [0.29, 0.717) is 30.4 Å². The molecule has 0 spiro atoms. The summed E-state index contributed by atoms with van der Waals surface area (Å²) in [6, 6.07) is 10.4. The first-order valence-corrected chi connectivity index (χ1v) is 10.8. The third kappa shape index (κ3) is 4.61. The second kappa shape index (κ2) is 7.67. The molecule has 5 nitrogen and oxygen atoms in total. The average molecular weight is 430 g/mol. The van der Waals surface area contributed by atoms with Gasteiger partial charge in [-0.05, 0) is 42.3 Å². The van der Waals surface area contributed by atoms with E-state index in [-0.39, 0.29) is 21.4 Å². The number of halogens is 3. The van der Waals surface area contributed by atoms with Gasteiger partial charge in [0.1, 0.15) is 0 Å². The van der Waals surface area contributed by atoms with Gasteiger partial charge in [-0.15, -0.1) is 11.8 Å². The highest BCUT2D eigenvalue weighted by atomic mass is 32.2. The van der Waals surface area contributed by atoms with Gasteiger partial charge in [0.2, 0.25) is 5.91 Å². The van der Waals surface area contributed by atoms with Gasteiger partial charge in [0.25, 0.3) is 10.0 Å². The number of alkyl halides is 3. The first-order valence-electron chi connectivity index (χ1n) is 8.29. The SMILES string of the molecule is CC(=O)N1CCc2cc(S(=O)(=O)Nc3ccccc3SCC(F)(F)F)ccc21. The van der Waals surface area contributed by atoms with Crippen LogP contribution in [0.4, 0.5) is 24.5 Å². The summed E-state index contributed by atoms with van der Waals surface area (Å²) in [5, 5.41) is 0. The molecule has 0 saturated carbocycles. The number of carbonyl (C=O) groups is 1. The maximum Gasteiger partial charge on any atom is 0.398 e. The Labute approximate surface area is 165 Å². The van der Waals surface area contributed by atoms with Crippen LogP contribution in [0.1, 0.15) is 12.5 Å². The Morgan fingerprint density at radius 3 is 2.61 bits per heavy atom. The van der Waals surface area contributed by atoms with Crippen molar-refractivity contribution in [3.8, 4) is 0 Å². The molecule has 0 saturated heterocycles. The first-order chi connectivity index (χ1) is 13.1. The number of hydrogen-bond acceptors (Lipinski definition) is 4. The van der Waals surface area contributed by atoms with Crippen molar-refractivity contribution in [1.29, 1.82) is 0 Å². The molecular formula is C18H17F3N2O3S2. The molecule has 0 fully saturated rings. The number of carbonyl (C=O) groups excluding carboxylic acids is 1. The van der Waals surface area contributed by atoms with Crippen molar-refractivity contribution >= 4 is 39.1 Å². The van der Waals surface area contributed by atoms with Gasteiger partial charge in [0.15, 0.2) is 0 Å². The molecular weight excluding hydrogens is 413 g/mol. The predicted molar refractivity (Wildman–Crippen MR) is 102 cm³/mol. The quantitative estimate of drug-likeness (QED) is 0.727. The van der Waals surface area contributed by atoms with Crippen molar-refractivity contribution in [1.82, 2.24) is 0 Å². The van der Waals surface area contributed by atoms with E-state index in [1.165, 1.54) is 31.2 Å². The van der Waals surface area contributed by atoms with Crippen LogP contribution in [-0.2, 0) is 21.2 Å². The highest BCUT2D eigenvalue weighted by Gasteiger charge is 2.28. The molecule has 10 heteroatoms. The average Bonchev–Trinajstić information content (AvgIpc) is 3.03. The molecule has 1 aliphatic rings. The summed E-state index contributed by atoms with van der Waals surface area (Å²) in [5.41, 5.74) is 1.49. The Balaban J connectivity index is 1.85. The Hall–Kier alpha value is -2.20. The Bertz CT molecular complexity index is 1010. The molecule has 2 aromatic rings. The fraction of sp³-hybridized carbons (Fsp3) is 0.278. The van der Waals surface area contributed by atoms with Crippen LogP contribution in [0, 0.1) is 0 Å². The molecule has 0 unspecified atom stereocenters. The maximum absolute atomic E-state index is 12.7. The van der Waals surface area contributed by atoms with Crippen molar-refractivity contribution in [3.63, 3.8) is 0 Å². The number of para-hydroxylation sites is 1. The second-order valence-electron chi connectivity index (χ2n) is 6.22. The Kier molecular flexibility index (Phi) is 5.62. The lowest BCUT2D eigenvalue weighted by atomic mass is 10.2. The molecule has 2 aromatic carbocycles. The molecule has 0 aromatic heterocycles. The van der Waals surface area contributed by atoms with E-state index in [2.05, 4.69) is 4.72 Å². The molecule has 1 aliphatic heterocycles. The fourth-order valence-corrected chi connectivity index (χ4v) is 4.88. The number of sulfonamides is 1. The summed E-state index contributed by atoms with van der Waals surface area (Å²) in [6.45, 7) is 1.93. The Morgan fingerprint density at radius 1 is 1.21 bits per heavy atom. The minimum atomic E-state index is -4.36. The number of anilines is 2. The number of nitrogens with one attached hydrogen (secondary N) is 1. The zero-order valence-electron chi connectivity index (χ0n) is 14.8. The largest absolute Gasteiger partial charge is 0.398 e. The highest BCUT2D eigenvalue weighted by Crippen LogP contribution is 2.34. The smallest absolute Gasteiger partial charge is 0.312 e. The number of amides is 1. The van der Waals surface area contributed by atoms with Crippen molar-refractivity contribution < 1.29 is 26.4 Å². The van der Waals surface area contributed by atoms with E-state index in [9.17, 15) is 26.4 Å². The maximum atomic E-state index is 12.7. The van der Waals surface area contributed by atoms with E-state index >= 15 is 0 Å². The van der Waals surface area contributed by atoms with Gasteiger partial charge in [-0.3, -0.25) is 9.52 Å². The molecule has 1 amide bonds. The van der Waals surface area contributed by atoms with Crippen LogP contribution in [0.3, 0.4) is 0 Å². The van der Waals surface area contributed by atoms with Gasteiger partial charge >= 0.3 is 6.18 Å². The molecule has 1 heterocycles. The van der Waals surface area contributed by atoms with Gasteiger partial charge < -0.3 is 4.90 Å². The third-order valence-corrected chi connectivity index (χ3v) is 6.66. The number of fused-ring (bicyclic) bond motifs is 1. The van der Waals surface area contributed by atoms with E-state index in [1.54, 1.807) is 23.1 Å². The van der Waals surface area contributed by atoms with Crippen LogP contribution in [0.25, 0.3) is 0 Å². The number of nitrogens with zero attached hydrogens (tertiary/aromatic N) is 1. The molecule has 1 N–H and O–H groups in total. The van der Waals surface area contributed by atoms with Gasteiger partial charge in [-0.1, -0.05) is 12.1 Å². The van der Waals surface area contributed by atoms with E-state index in [1.807, 2.05) is 0 Å². The fourth-order valence-electron chi connectivity index (χ4n) is 2.91. The molecule has 150 valence electrons. The van der Waals surface area contributed by atoms with Crippen molar-refractivity contribution in [2.45, 2.75) is 29.3 Å².